The molecule has 0 aliphatic rings. The molecule has 0 saturated carbocycles. The topological polar surface area (TPSA) is 24.1 Å². The summed E-state index contributed by atoms with van der Waals surface area (Å²) in [6.07, 6.45) is 0. The van der Waals surface area contributed by atoms with Gasteiger partial charge in [-0.25, -0.2) is 8.78 Å². The van der Waals surface area contributed by atoms with Crippen LogP contribution in [-0.4, -0.2) is 24.6 Å². The molecule has 0 fully saturated rings. The first-order valence-electron chi connectivity index (χ1n) is 4.04. The van der Waals surface area contributed by atoms with Crippen LogP contribution in [0.5, 0.6) is 0 Å². The van der Waals surface area contributed by atoms with Crippen LogP contribution in [0.15, 0.2) is 0 Å². The van der Waals surface area contributed by atoms with E-state index in [9.17, 15) is 8.78 Å². The second-order valence-corrected chi connectivity index (χ2v) is 4.11. The molecule has 0 aromatic heterocycles. The van der Waals surface area contributed by atoms with Crippen molar-refractivity contribution in [1.29, 1.82) is 0 Å². The SMILES string of the molecule is CNC(=S)NCC(C)(C)C(C)(F)F. The Morgan fingerprint density at radius 2 is 1.77 bits per heavy atom. The van der Waals surface area contributed by atoms with E-state index < -0.39 is 11.3 Å². The molecule has 0 saturated heterocycles. The van der Waals surface area contributed by atoms with E-state index in [2.05, 4.69) is 10.6 Å². The molecule has 0 bridgehead atoms. The van der Waals surface area contributed by atoms with Gasteiger partial charge < -0.3 is 10.6 Å². The molecule has 0 heterocycles. The lowest BCUT2D eigenvalue weighted by atomic mass is 9.86. The zero-order chi connectivity index (χ0) is 10.7. The summed E-state index contributed by atoms with van der Waals surface area (Å²) < 4.78 is 25.9. The number of thiocarbonyl (C=S) groups is 1. The Hall–Kier alpha value is -0.450. The maximum Gasteiger partial charge on any atom is 0.252 e. The number of hydrogen-bond donors (Lipinski definition) is 2. The Kier molecular flexibility index (Phi) is 4.03. The van der Waals surface area contributed by atoms with Crippen molar-refractivity contribution in [3.8, 4) is 0 Å². The third-order valence-corrected chi connectivity index (χ3v) is 2.45. The van der Waals surface area contributed by atoms with Crippen LogP contribution < -0.4 is 10.6 Å². The monoisotopic (exact) mass is 210 g/mol. The van der Waals surface area contributed by atoms with Crippen molar-refractivity contribution >= 4 is 17.3 Å². The molecule has 0 amide bonds. The van der Waals surface area contributed by atoms with E-state index in [0.717, 1.165) is 6.92 Å². The molecular weight excluding hydrogens is 194 g/mol. The Labute approximate surface area is 83.1 Å². The molecule has 0 spiro atoms. The first-order chi connectivity index (χ1) is 5.70. The average molecular weight is 210 g/mol. The first-order valence-corrected chi connectivity index (χ1v) is 4.45. The zero-order valence-corrected chi connectivity index (χ0v) is 9.19. The van der Waals surface area contributed by atoms with Gasteiger partial charge in [0.1, 0.15) is 0 Å². The van der Waals surface area contributed by atoms with Crippen molar-refractivity contribution in [2.75, 3.05) is 13.6 Å². The van der Waals surface area contributed by atoms with Gasteiger partial charge in [-0.2, -0.15) is 0 Å². The van der Waals surface area contributed by atoms with Crippen LogP contribution in [0.2, 0.25) is 0 Å². The summed E-state index contributed by atoms with van der Waals surface area (Å²) in [5, 5.41) is 5.77. The van der Waals surface area contributed by atoms with Crippen molar-refractivity contribution in [1.82, 2.24) is 10.6 Å². The molecule has 0 aromatic rings. The van der Waals surface area contributed by atoms with E-state index in [-0.39, 0.29) is 6.54 Å². The van der Waals surface area contributed by atoms with Crippen molar-refractivity contribution in [2.45, 2.75) is 26.7 Å². The van der Waals surface area contributed by atoms with Crippen LogP contribution in [0.4, 0.5) is 8.78 Å². The first kappa shape index (κ1) is 12.6. The predicted molar refractivity (Wildman–Crippen MR) is 54.1 cm³/mol. The van der Waals surface area contributed by atoms with E-state index in [1.165, 1.54) is 13.8 Å². The Bertz CT molecular complexity index is 187. The summed E-state index contributed by atoms with van der Waals surface area (Å²) in [5.74, 6) is -2.72. The average Bonchev–Trinajstić information content (AvgIpc) is 1.98. The van der Waals surface area contributed by atoms with E-state index in [0.29, 0.717) is 5.11 Å². The Morgan fingerprint density at radius 1 is 1.31 bits per heavy atom. The molecule has 0 radical (unpaired) electrons. The number of rotatable bonds is 3. The number of alkyl halides is 2. The molecule has 0 atom stereocenters. The van der Waals surface area contributed by atoms with E-state index in [4.69, 9.17) is 12.2 Å². The minimum absolute atomic E-state index is 0.149. The molecule has 0 aromatic carbocycles. The lowest BCUT2D eigenvalue weighted by Gasteiger charge is -2.31. The molecule has 78 valence electrons. The smallest absolute Gasteiger partial charge is 0.252 e. The molecule has 2 nitrogen and oxygen atoms in total. The van der Waals surface area contributed by atoms with Crippen molar-refractivity contribution in [3.63, 3.8) is 0 Å². The number of halogens is 2. The lowest BCUT2D eigenvalue weighted by Crippen LogP contribution is -2.46. The summed E-state index contributed by atoms with van der Waals surface area (Å²) in [7, 11) is 1.65. The van der Waals surface area contributed by atoms with Crippen LogP contribution in [0.1, 0.15) is 20.8 Å². The fraction of sp³-hybridized carbons (Fsp3) is 0.875. The van der Waals surface area contributed by atoms with Crippen LogP contribution >= 0.6 is 12.2 Å². The van der Waals surface area contributed by atoms with Crippen LogP contribution in [-0.2, 0) is 0 Å². The maximum atomic E-state index is 13.0. The van der Waals surface area contributed by atoms with Gasteiger partial charge in [0.2, 0.25) is 0 Å². The second kappa shape index (κ2) is 4.17. The highest BCUT2D eigenvalue weighted by Gasteiger charge is 2.41. The summed E-state index contributed by atoms with van der Waals surface area (Å²) in [4.78, 5) is 0. The Balaban J connectivity index is 4.12. The quantitative estimate of drug-likeness (QED) is 0.694. The predicted octanol–water partition coefficient (Wildman–Crippen LogP) is 1.76. The molecule has 2 N–H and O–H groups in total. The maximum absolute atomic E-state index is 13.0. The molecule has 0 rings (SSSR count). The highest BCUT2D eigenvalue weighted by molar-refractivity contribution is 7.80. The standard InChI is InChI=1S/C8H16F2N2S/c1-7(2,8(3,9)10)5-12-6(13)11-4/h5H2,1-4H3,(H2,11,12,13). The fourth-order valence-electron chi connectivity index (χ4n) is 0.545. The highest BCUT2D eigenvalue weighted by atomic mass is 32.1. The van der Waals surface area contributed by atoms with E-state index in [1.54, 1.807) is 7.05 Å². The van der Waals surface area contributed by atoms with Crippen molar-refractivity contribution in [2.24, 2.45) is 5.41 Å². The largest absolute Gasteiger partial charge is 0.366 e. The van der Waals surface area contributed by atoms with Gasteiger partial charge >= 0.3 is 0 Å². The van der Waals surface area contributed by atoms with Gasteiger partial charge in [0.15, 0.2) is 5.11 Å². The second-order valence-electron chi connectivity index (χ2n) is 3.70. The van der Waals surface area contributed by atoms with Crippen molar-refractivity contribution in [3.05, 3.63) is 0 Å². The van der Waals surface area contributed by atoms with Crippen molar-refractivity contribution < 1.29 is 8.78 Å². The van der Waals surface area contributed by atoms with Gasteiger partial charge in [0.25, 0.3) is 5.92 Å². The normalized spacial score (nSPS) is 12.5. The highest BCUT2D eigenvalue weighted by Crippen LogP contribution is 2.34. The Morgan fingerprint density at radius 3 is 2.08 bits per heavy atom. The molecule has 5 heteroatoms. The molecule has 0 aliphatic carbocycles. The molecule has 0 aliphatic heterocycles. The van der Waals surface area contributed by atoms with Gasteiger partial charge in [-0.05, 0) is 19.1 Å². The molecule has 0 unspecified atom stereocenters. The summed E-state index contributed by atoms with van der Waals surface area (Å²) in [6, 6.07) is 0. The van der Waals surface area contributed by atoms with Crippen LogP contribution in [0, 0.1) is 5.41 Å². The van der Waals surface area contributed by atoms with Gasteiger partial charge in [0, 0.05) is 19.0 Å². The number of nitrogens with one attached hydrogen (secondary N) is 2. The van der Waals surface area contributed by atoms with Gasteiger partial charge in [0.05, 0.1) is 0 Å². The zero-order valence-electron chi connectivity index (χ0n) is 8.37. The molecule has 13 heavy (non-hydrogen) atoms. The minimum Gasteiger partial charge on any atom is -0.366 e. The third kappa shape index (κ3) is 3.85. The minimum atomic E-state index is -2.72. The van der Waals surface area contributed by atoms with Gasteiger partial charge in [-0.15, -0.1) is 0 Å². The van der Waals surface area contributed by atoms with Gasteiger partial charge in [-0.1, -0.05) is 13.8 Å². The van der Waals surface area contributed by atoms with Crippen LogP contribution in [0.25, 0.3) is 0 Å². The fourth-order valence-corrected chi connectivity index (χ4v) is 0.617. The van der Waals surface area contributed by atoms with Gasteiger partial charge in [-0.3, -0.25) is 0 Å². The number of hydrogen-bond acceptors (Lipinski definition) is 1. The van der Waals surface area contributed by atoms with Crippen LogP contribution in [0.3, 0.4) is 0 Å². The summed E-state index contributed by atoms with van der Waals surface area (Å²) >= 11 is 4.78. The van der Waals surface area contributed by atoms with E-state index in [1.807, 2.05) is 0 Å². The van der Waals surface area contributed by atoms with E-state index >= 15 is 0 Å². The summed E-state index contributed by atoms with van der Waals surface area (Å²) in [6.45, 7) is 4.06. The molecular formula is C8H16F2N2S. The lowest BCUT2D eigenvalue weighted by molar-refractivity contribution is -0.0850. The summed E-state index contributed by atoms with van der Waals surface area (Å²) in [5.41, 5.74) is -1.10. The third-order valence-electron chi connectivity index (χ3n) is 2.11.